The van der Waals surface area contributed by atoms with Crippen molar-refractivity contribution in [1.29, 1.82) is 0 Å². The van der Waals surface area contributed by atoms with E-state index in [9.17, 15) is 23.1 Å². The summed E-state index contributed by atoms with van der Waals surface area (Å²) in [5.74, 6) is 10.6. The molecule has 2 heterocycles. The van der Waals surface area contributed by atoms with E-state index >= 15 is 0 Å². The largest absolute Gasteiger partial charge is 0.395 e. The number of fused-ring (bicyclic) bond motifs is 1. The zero-order valence-corrected chi connectivity index (χ0v) is 22.3. The number of amides is 1. The molecule has 2 aromatic rings. The number of aromatic nitrogens is 2. The van der Waals surface area contributed by atoms with Gasteiger partial charge in [-0.2, -0.15) is 0 Å². The molecule has 2 N–H and O–H groups in total. The lowest BCUT2D eigenvalue weighted by molar-refractivity contribution is -0.201. The van der Waals surface area contributed by atoms with Crippen LogP contribution in [0.15, 0.2) is 29.3 Å². The van der Waals surface area contributed by atoms with Crippen molar-refractivity contribution in [1.82, 2.24) is 15.0 Å². The van der Waals surface area contributed by atoms with E-state index in [0.717, 1.165) is 31.9 Å². The molecule has 2 fully saturated rings. The quantitative estimate of drug-likeness (QED) is 0.377. The second-order valence-electron chi connectivity index (χ2n) is 10.0. The summed E-state index contributed by atoms with van der Waals surface area (Å²) in [6, 6.07) is 4.96. The summed E-state index contributed by atoms with van der Waals surface area (Å²) < 4.78 is 30.0. The molecule has 2 atom stereocenters. The summed E-state index contributed by atoms with van der Waals surface area (Å²) in [4.78, 5) is 35.6. The first kappa shape index (κ1) is 27.8. The van der Waals surface area contributed by atoms with E-state index in [0.29, 0.717) is 29.5 Å². The van der Waals surface area contributed by atoms with Crippen LogP contribution in [0.2, 0.25) is 0 Å². The van der Waals surface area contributed by atoms with Gasteiger partial charge in [0.2, 0.25) is 0 Å². The Balaban J connectivity index is 1.47. The van der Waals surface area contributed by atoms with Gasteiger partial charge in [-0.25, -0.2) is 23.7 Å². The van der Waals surface area contributed by atoms with Gasteiger partial charge in [0.15, 0.2) is 20.9 Å². The minimum atomic E-state index is -3.87. The third-order valence-electron chi connectivity index (χ3n) is 7.13. The summed E-state index contributed by atoms with van der Waals surface area (Å²) >= 11 is 0. The van der Waals surface area contributed by atoms with Crippen molar-refractivity contribution in [2.45, 2.75) is 63.0 Å². The Morgan fingerprint density at radius 3 is 2.79 bits per heavy atom. The standard InChI is InChI=1S/C27H31N3O7S/c1-26(38(2,34)35,25(33)29-37-23-8-4-6-16-36-23)14-15-30-19-28-22-17-20(9-10-21(22)24(30)32)7-3-5-11-27(18-31)12-13-27/h9-10,17,19,23,31H,4,6,8,12-16,18H2,1-2H3,(H,29,33). The van der Waals surface area contributed by atoms with E-state index in [1.54, 1.807) is 18.2 Å². The highest BCUT2D eigenvalue weighted by molar-refractivity contribution is 7.92. The molecule has 0 spiro atoms. The van der Waals surface area contributed by atoms with Gasteiger partial charge in [-0.05, 0) is 69.1 Å². The molecule has 0 radical (unpaired) electrons. The molecular formula is C27H31N3O7S. The fourth-order valence-electron chi connectivity index (χ4n) is 3.97. The highest BCUT2D eigenvalue weighted by Crippen LogP contribution is 2.44. The summed E-state index contributed by atoms with van der Waals surface area (Å²) in [5.41, 5.74) is 2.65. The first-order valence-electron chi connectivity index (χ1n) is 12.5. The van der Waals surface area contributed by atoms with E-state index in [2.05, 4.69) is 34.1 Å². The van der Waals surface area contributed by atoms with Crippen molar-refractivity contribution in [3.05, 3.63) is 40.4 Å². The molecule has 1 aliphatic carbocycles. The van der Waals surface area contributed by atoms with Crippen molar-refractivity contribution in [3.63, 3.8) is 0 Å². The molecule has 11 heteroatoms. The maximum Gasteiger partial charge on any atom is 0.264 e. The van der Waals surface area contributed by atoms with Crippen LogP contribution in [0, 0.1) is 29.1 Å². The molecule has 1 aliphatic heterocycles. The van der Waals surface area contributed by atoms with Gasteiger partial charge in [0, 0.05) is 31.4 Å². The van der Waals surface area contributed by atoms with Crippen LogP contribution in [0.1, 0.15) is 51.0 Å². The topological polar surface area (TPSA) is 137 Å². The van der Waals surface area contributed by atoms with E-state index in [1.165, 1.54) is 17.8 Å². The Bertz CT molecular complexity index is 1500. The number of aliphatic hydroxyl groups excluding tert-OH is 1. The van der Waals surface area contributed by atoms with Crippen molar-refractivity contribution in [2.24, 2.45) is 5.41 Å². The van der Waals surface area contributed by atoms with Gasteiger partial charge in [-0.3, -0.25) is 14.2 Å². The summed E-state index contributed by atoms with van der Waals surface area (Å²) in [6.07, 6.45) is 5.65. The molecule has 4 rings (SSSR count). The van der Waals surface area contributed by atoms with Gasteiger partial charge < -0.3 is 9.84 Å². The first-order chi connectivity index (χ1) is 18.1. The number of ether oxygens (including phenoxy) is 1. The maximum atomic E-state index is 13.1. The predicted molar refractivity (Wildman–Crippen MR) is 140 cm³/mol. The smallest absolute Gasteiger partial charge is 0.264 e. The SMILES string of the molecule is CC(CCn1cnc2cc(C#CC#CC3(CO)CC3)ccc2c1=O)(C(=O)NOC1CCCCO1)S(C)(=O)=O. The van der Waals surface area contributed by atoms with Gasteiger partial charge in [0.05, 0.1) is 29.3 Å². The number of nitrogens with zero attached hydrogens (tertiary/aromatic N) is 2. The minimum absolute atomic E-state index is 0.0328. The second kappa shape index (κ2) is 11.3. The van der Waals surface area contributed by atoms with Gasteiger partial charge >= 0.3 is 0 Å². The number of rotatable bonds is 8. The lowest BCUT2D eigenvalue weighted by atomic mass is 10.1. The molecule has 1 saturated heterocycles. The van der Waals surface area contributed by atoms with Crippen LogP contribution < -0.4 is 11.0 Å². The zero-order chi connectivity index (χ0) is 27.4. The summed E-state index contributed by atoms with van der Waals surface area (Å²) in [6.45, 7) is 1.80. The van der Waals surface area contributed by atoms with Crippen LogP contribution in [0.4, 0.5) is 0 Å². The van der Waals surface area contributed by atoms with Gasteiger partial charge in [-0.1, -0.05) is 11.8 Å². The Labute approximate surface area is 221 Å². The number of nitrogens with one attached hydrogen (secondary N) is 1. The lowest BCUT2D eigenvalue weighted by Crippen LogP contribution is -2.51. The Hall–Kier alpha value is -3.22. The number of hydroxylamine groups is 1. The van der Waals surface area contributed by atoms with Crippen LogP contribution in [0.5, 0.6) is 0 Å². The van der Waals surface area contributed by atoms with Crippen molar-refractivity contribution in [3.8, 4) is 23.7 Å². The fraction of sp³-hybridized carbons (Fsp3) is 0.519. The molecule has 1 saturated carbocycles. The number of aryl methyl sites for hydroxylation is 1. The fourth-order valence-corrected chi connectivity index (χ4v) is 4.81. The summed E-state index contributed by atoms with van der Waals surface area (Å²) in [5, 5.41) is 9.65. The Morgan fingerprint density at radius 2 is 2.13 bits per heavy atom. The van der Waals surface area contributed by atoms with Gasteiger partial charge in [-0.15, -0.1) is 0 Å². The molecule has 2 aliphatic rings. The maximum absolute atomic E-state index is 13.1. The summed E-state index contributed by atoms with van der Waals surface area (Å²) in [7, 11) is -3.87. The number of carbonyl (C=O) groups excluding carboxylic acids is 1. The molecule has 202 valence electrons. The molecule has 0 bridgehead atoms. The molecule has 1 aromatic carbocycles. The highest BCUT2D eigenvalue weighted by Gasteiger charge is 2.44. The number of hydrogen-bond acceptors (Lipinski definition) is 8. The highest BCUT2D eigenvalue weighted by atomic mass is 32.2. The molecule has 2 unspecified atom stereocenters. The van der Waals surface area contributed by atoms with Crippen LogP contribution in [0.3, 0.4) is 0 Å². The number of aliphatic hydroxyl groups is 1. The Kier molecular flexibility index (Phi) is 8.24. The molecular weight excluding hydrogens is 510 g/mol. The van der Waals surface area contributed by atoms with Crippen molar-refractivity contribution < 1.29 is 27.9 Å². The Morgan fingerprint density at radius 1 is 1.34 bits per heavy atom. The number of benzene rings is 1. The van der Waals surface area contributed by atoms with Gasteiger partial charge in [0.25, 0.3) is 11.5 Å². The second-order valence-corrected chi connectivity index (χ2v) is 12.5. The first-order valence-corrected chi connectivity index (χ1v) is 14.4. The van der Waals surface area contributed by atoms with Gasteiger partial charge in [0.1, 0.15) is 0 Å². The van der Waals surface area contributed by atoms with Crippen molar-refractivity contribution >= 4 is 26.6 Å². The van der Waals surface area contributed by atoms with E-state index in [-0.39, 0.29) is 30.5 Å². The lowest BCUT2D eigenvalue weighted by Gasteiger charge is -2.28. The molecule has 1 amide bonds. The van der Waals surface area contributed by atoms with Crippen LogP contribution in [-0.2, 0) is 30.8 Å². The average Bonchev–Trinajstić information content (AvgIpc) is 3.69. The number of carbonyl (C=O) groups is 1. The third-order valence-corrected chi connectivity index (χ3v) is 9.15. The van der Waals surface area contributed by atoms with Crippen LogP contribution in [-0.4, -0.2) is 59.5 Å². The number of hydrogen-bond donors (Lipinski definition) is 2. The third kappa shape index (κ3) is 6.25. The molecule has 10 nitrogen and oxygen atoms in total. The predicted octanol–water partition coefficient (Wildman–Crippen LogP) is 1.29. The monoisotopic (exact) mass is 541 g/mol. The molecule has 1 aromatic heterocycles. The zero-order valence-electron chi connectivity index (χ0n) is 21.5. The average molecular weight is 542 g/mol. The van der Waals surface area contributed by atoms with E-state index in [1.807, 2.05) is 0 Å². The number of sulfone groups is 1. The normalized spacial score (nSPS) is 19.8. The van der Waals surface area contributed by atoms with E-state index < -0.39 is 26.8 Å². The molecule has 38 heavy (non-hydrogen) atoms. The van der Waals surface area contributed by atoms with Crippen LogP contribution >= 0.6 is 0 Å². The van der Waals surface area contributed by atoms with E-state index in [4.69, 9.17) is 9.57 Å². The minimum Gasteiger partial charge on any atom is -0.395 e. The van der Waals surface area contributed by atoms with Crippen LogP contribution in [0.25, 0.3) is 10.9 Å². The van der Waals surface area contributed by atoms with Crippen molar-refractivity contribution in [2.75, 3.05) is 19.5 Å².